The number of aryl methyl sites for hydroxylation is 6. The minimum atomic E-state index is -1.03. The van der Waals surface area contributed by atoms with E-state index in [-0.39, 0.29) is 29.7 Å². The Balaban J connectivity index is 0.884. The second-order valence-electron chi connectivity index (χ2n) is 15.7. The van der Waals surface area contributed by atoms with Crippen molar-refractivity contribution < 1.29 is 43.3 Å². The number of rotatable bonds is 19. The van der Waals surface area contributed by atoms with E-state index in [0.717, 1.165) is 65.8 Å². The van der Waals surface area contributed by atoms with Crippen LogP contribution in [0.15, 0.2) is 48.5 Å². The molecule has 15 nitrogen and oxygen atoms in total. The highest BCUT2D eigenvalue weighted by Crippen LogP contribution is 2.38. The predicted octanol–water partition coefficient (Wildman–Crippen LogP) is 6.58. The van der Waals surface area contributed by atoms with Crippen LogP contribution in [-0.4, -0.2) is 99.6 Å². The topological polar surface area (TPSA) is 183 Å². The average molecular weight is 867 g/mol. The van der Waals surface area contributed by atoms with Gasteiger partial charge in [0.25, 0.3) is 11.8 Å². The van der Waals surface area contributed by atoms with Crippen molar-refractivity contribution >= 4 is 57.8 Å². The molecule has 0 saturated carbocycles. The third-order valence-electron chi connectivity index (χ3n) is 11.5. The number of para-hydroxylation sites is 1. The summed E-state index contributed by atoms with van der Waals surface area (Å²) in [6.45, 7) is 10.9. The number of benzene rings is 3. The summed E-state index contributed by atoms with van der Waals surface area (Å²) in [6, 6.07) is 13.7. The molecule has 0 radical (unpaired) electrons. The van der Waals surface area contributed by atoms with E-state index in [4.69, 9.17) is 30.9 Å². The number of carboxylic acid groups (broad SMARTS) is 1. The third kappa shape index (κ3) is 8.83. The average Bonchev–Trinajstić information content (AvgIpc) is 3.79. The largest absolute Gasteiger partial charge is 0.494 e. The molecule has 1 atom stereocenters. The Morgan fingerprint density at radius 3 is 2.34 bits per heavy atom. The van der Waals surface area contributed by atoms with Gasteiger partial charge in [0.2, 0.25) is 11.8 Å². The smallest absolute Gasteiger partial charge is 0.352 e. The Kier molecular flexibility index (Phi) is 13.4. The molecule has 1 saturated heterocycles. The highest BCUT2D eigenvalue weighted by molar-refractivity contribution is 6.32. The van der Waals surface area contributed by atoms with E-state index in [0.29, 0.717) is 71.1 Å². The number of fused-ring (bicyclic) bond motifs is 2. The van der Waals surface area contributed by atoms with E-state index < -0.39 is 35.6 Å². The summed E-state index contributed by atoms with van der Waals surface area (Å²) in [5.41, 5.74) is 8.39. The molecule has 7 rings (SSSR count). The lowest BCUT2D eigenvalue weighted by molar-refractivity contribution is -0.136. The molecule has 3 aromatic carbocycles. The number of nitrogens with one attached hydrogen (secondary N) is 2. The maximum absolute atomic E-state index is 13.3. The molecule has 4 amide bonds. The number of ether oxygens (including phenoxy) is 3. The van der Waals surface area contributed by atoms with E-state index in [1.165, 1.54) is 0 Å². The molecule has 3 N–H and O–H groups in total. The number of aromatic carboxylic acids is 1. The van der Waals surface area contributed by atoms with Gasteiger partial charge in [0, 0.05) is 66.1 Å². The molecule has 4 heterocycles. The van der Waals surface area contributed by atoms with Crippen molar-refractivity contribution in [1.29, 1.82) is 0 Å². The summed E-state index contributed by atoms with van der Waals surface area (Å²) in [5, 5.41) is 22.2. The lowest BCUT2D eigenvalue weighted by atomic mass is 9.98. The van der Waals surface area contributed by atoms with Gasteiger partial charge in [0.1, 0.15) is 17.5 Å². The molecule has 326 valence electrons. The van der Waals surface area contributed by atoms with E-state index in [1.54, 1.807) is 29.8 Å². The van der Waals surface area contributed by atoms with Crippen LogP contribution in [0.1, 0.15) is 85.0 Å². The van der Waals surface area contributed by atoms with Crippen LogP contribution in [0.3, 0.4) is 0 Å². The first-order valence-electron chi connectivity index (χ1n) is 20.8. The first-order chi connectivity index (χ1) is 29.8. The van der Waals surface area contributed by atoms with Gasteiger partial charge >= 0.3 is 5.97 Å². The first kappa shape index (κ1) is 44.0. The number of hydrogen-bond donors (Lipinski definition) is 3. The van der Waals surface area contributed by atoms with Gasteiger partial charge in [-0.15, -0.1) is 0 Å². The molecule has 1 fully saturated rings. The molecule has 0 aliphatic carbocycles. The van der Waals surface area contributed by atoms with Gasteiger partial charge in [-0.25, -0.2) is 4.79 Å². The number of hydrogen-bond acceptors (Lipinski definition) is 10. The number of piperidine rings is 1. The third-order valence-corrected chi connectivity index (χ3v) is 12.1. The molecule has 0 spiro atoms. The number of aromatic nitrogens is 3. The van der Waals surface area contributed by atoms with Gasteiger partial charge in [-0.3, -0.25) is 34.1 Å². The molecule has 62 heavy (non-hydrogen) atoms. The van der Waals surface area contributed by atoms with Crippen molar-refractivity contribution in [1.82, 2.24) is 24.6 Å². The van der Waals surface area contributed by atoms with Gasteiger partial charge in [-0.05, 0) is 94.3 Å². The SMILES string of the molecule is Cc1cc(OCCCc2c(C(=O)O)n(C)c3c(-c4c(C)nn(CCCOCCOCCNc5cccc6c5C(=O)N(C5CCC(=O)NC5=O)C6=O)c4C)cccc23)cc(C)c1Cl. The van der Waals surface area contributed by atoms with Crippen molar-refractivity contribution in [2.45, 2.75) is 72.4 Å². The van der Waals surface area contributed by atoms with Crippen molar-refractivity contribution in [3.8, 4) is 16.9 Å². The van der Waals surface area contributed by atoms with Crippen LogP contribution in [0, 0.1) is 27.7 Å². The number of imide groups is 2. The summed E-state index contributed by atoms with van der Waals surface area (Å²) in [6.07, 6.45) is 2.02. The first-order valence-corrected chi connectivity index (χ1v) is 21.2. The van der Waals surface area contributed by atoms with Crippen molar-refractivity contribution in [3.05, 3.63) is 98.5 Å². The molecule has 1 unspecified atom stereocenters. The number of carboxylic acids is 1. The van der Waals surface area contributed by atoms with Crippen molar-refractivity contribution in [2.24, 2.45) is 7.05 Å². The minimum Gasteiger partial charge on any atom is -0.494 e. The van der Waals surface area contributed by atoms with Gasteiger partial charge in [0.05, 0.1) is 48.8 Å². The van der Waals surface area contributed by atoms with Gasteiger partial charge in [0.15, 0.2) is 0 Å². The van der Waals surface area contributed by atoms with Gasteiger partial charge in [-0.1, -0.05) is 35.9 Å². The molecular weight excluding hydrogens is 816 g/mol. The second-order valence-corrected chi connectivity index (χ2v) is 16.0. The van der Waals surface area contributed by atoms with E-state index >= 15 is 0 Å². The van der Waals surface area contributed by atoms with Gasteiger partial charge < -0.3 is 29.2 Å². The monoisotopic (exact) mass is 866 g/mol. The van der Waals surface area contributed by atoms with E-state index in [2.05, 4.69) is 10.6 Å². The highest BCUT2D eigenvalue weighted by atomic mass is 35.5. The van der Waals surface area contributed by atoms with Crippen LogP contribution in [-0.2, 0) is 39.1 Å². The number of halogens is 1. The molecule has 16 heteroatoms. The standard InChI is InChI=1S/C46H51ClN6O9/c1-26-24-30(25-27(2)40(26)47)62-20-8-13-32-31-10-6-11-33(41(31)51(5)42(32)46(58)59)38-28(3)50-52(29(38)4)18-9-19-60-22-23-61-21-17-48-35-14-7-12-34-39(35)45(57)53(44(34)56)36-15-16-37(54)49-43(36)55/h6-7,10-12,14,24-25,36,48H,8-9,13,15-23H2,1-5H3,(H,58,59)(H,49,54,55). The molecule has 2 aliphatic rings. The Morgan fingerprint density at radius 2 is 1.61 bits per heavy atom. The number of nitrogens with zero attached hydrogens (tertiary/aromatic N) is 4. The summed E-state index contributed by atoms with van der Waals surface area (Å²) in [5.74, 6) is -2.44. The Labute approximate surface area is 364 Å². The lowest BCUT2D eigenvalue weighted by Gasteiger charge is -2.27. The number of amides is 4. The fourth-order valence-electron chi connectivity index (χ4n) is 8.61. The molecule has 0 bridgehead atoms. The zero-order valence-electron chi connectivity index (χ0n) is 35.6. The van der Waals surface area contributed by atoms with E-state index in [9.17, 15) is 29.1 Å². The normalized spacial score (nSPS) is 15.1. The fourth-order valence-corrected chi connectivity index (χ4v) is 8.72. The molecule has 2 aliphatic heterocycles. The van der Waals surface area contributed by atoms with Crippen molar-refractivity contribution in [2.75, 3.05) is 44.9 Å². The zero-order chi connectivity index (χ0) is 44.2. The molecule has 2 aromatic heterocycles. The van der Waals surface area contributed by atoms with Gasteiger partial charge in [-0.2, -0.15) is 5.10 Å². The van der Waals surface area contributed by atoms with Crippen LogP contribution in [0.2, 0.25) is 5.02 Å². The zero-order valence-corrected chi connectivity index (χ0v) is 36.3. The molecular formula is C46H51ClN6O9. The Morgan fingerprint density at radius 1 is 0.903 bits per heavy atom. The maximum atomic E-state index is 13.3. The number of carbonyl (C=O) groups excluding carboxylic acids is 4. The quantitative estimate of drug-likeness (QED) is 0.0603. The summed E-state index contributed by atoms with van der Waals surface area (Å²) in [7, 11) is 1.81. The van der Waals surface area contributed by atoms with Crippen molar-refractivity contribution in [3.63, 3.8) is 0 Å². The summed E-state index contributed by atoms with van der Waals surface area (Å²) in [4.78, 5) is 64.0. The van der Waals surface area contributed by atoms with Crippen LogP contribution in [0.5, 0.6) is 5.75 Å². The van der Waals surface area contributed by atoms with Crippen LogP contribution >= 0.6 is 11.6 Å². The second kappa shape index (κ2) is 18.9. The Bertz CT molecular complexity index is 2560. The summed E-state index contributed by atoms with van der Waals surface area (Å²) < 4.78 is 21.4. The number of anilines is 1. The minimum absolute atomic E-state index is 0.0548. The van der Waals surface area contributed by atoms with Crippen LogP contribution in [0.4, 0.5) is 5.69 Å². The fraction of sp³-hybridized carbons (Fsp3) is 0.391. The highest BCUT2D eigenvalue weighted by Gasteiger charge is 2.45. The Hall–Kier alpha value is -6.03. The predicted molar refractivity (Wildman–Crippen MR) is 233 cm³/mol. The lowest BCUT2D eigenvalue weighted by Crippen LogP contribution is -2.54. The maximum Gasteiger partial charge on any atom is 0.352 e. The number of carbonyl (C=O) groups is 5. The van der Waals surface area contributed by atoms with Crippen LogP contribution in [0.25, 0.3) is 22.0 Å². The van der Waals surface area contributed by atoms with E-state index in [1.807, 2.05) is 62.7 Å². The van der Waals surface area contributed by atoms with Crippen LogP contribution < -0.4 is 15.4 Å². The molecule has 5 aromatic rings. The summed E-state index contributed by atoms with van der Waals surface area (Å²) >= 11 is 6.32.